The SMILES string of the molecule is CCCCc1ccc(N2C(=O)[C@@H]3N=NN(Cc4nc(-c5ccc(Cl)cc5)no4)[C@H]3C2=O)cc1. The number of rotatable bonds is 7. The van der Waals surface area contributed by atoms with Crippen LogP contribution in [0.3, 0.4) is 0 Å². The lowest BCUT2D eigenvalue weighted by Crippen LogP contribution is -2.39. The van der Waals surface area contributed by atoms with Gasteiger partial charge in [-0.25, -0.2) is 4.90 Å². The molecule has 0 N–H and O–H groups in total. The molecule has 1 fully saturated rings. The van der Waals surface area contributed by atoms with Crippen LogP contribution in [0.4, 0.5) is 5.69 Å². The number of carbonyl (C=O) groups is 2. The second kappa shape index (κ2) is 8.74. The lowest BCUT2D eigenvalue weighted by Gasteiger charge is -2.19. The van der Waals surface area contributed by atoms with E-state index in [2.05, 4.69) is 27.4 Å². The van der Waals surface area contributed by atoms with Crippen molar-refractivity contribution in [3.8, 4) is 11.4 Å². The van der Waals surface area contributed by atoms with Crippen LogP contribution in [0.1, 0.15) is 31.2 Å². The van der Waals surface area contributed by atoms with E-state index in [-0.39, 0.29) is 24.2 Å². The average molecular weight is 465 g/mol. The van der Waals surface area contributed by atoms with Gasteiger partial charge in [0.15, 0.2) is 12.1 Å². The van der Waals surface area contributed by atoms with Crippen molar-refractivity contribution in [3.63, 3.8) is 0 Å². The highest BCUT2D eigenvalue weighted by atomic mass is 35.5. The number of benzene rings is 2. The molecule has 0 saturated carbocycles. The first-order valence-corrected chi connectivity index (χ1v) is 11.2. The maximum absolute atomic E-state index is 13.2. The van der Waals surface area contributed by atoms with Gasteiger partial charge in [0.25, 0.3) is 11.8 Å². The minimum atomic E-state index is -0.879. The van der Waals surface area contributed by atoms with Gasteiger partial charge in [-0.15, -0.1) is 0 Å². The molecule has 2 aliphatic heterocycles. The van der Waals surface area contributed by atoms with Crippen molar-refractivity contribution in [2.24, 2.45) is 10.3 Å². The standard InChI is InChI=1S/C23H21ClN6O3/c1-2-3-4-14-5-11-17(12-6-14)30-22(31)19-20(23(30)32)29(28-26-19)13-18-25-21(27-33-18)15-7-9-16(24)10-8-15/h5-12,19-20H,2-4,13H2,1H3/t19-,20-/m1/s1. The second-order valence-electron chi connectivity index (χ2n) is 7.99. The molecular formula is C23H21ClN6O3. The monoisotopic (exact) mass is 464 g/mol. The highest BCUT2D eigenvalue weighted by Gasteiger charge is 2.55. The van der Waals surface area contributed by atoms with Crippen molar-refractivity contribution in [2.75, 3.05) is 4.90 Å². The molecule has 0 bridgehead atoms. The molecule has 3 aromatic rings. The number of fused-ring (bicyclic) bond motifs is 1. The number of aromatic nitrogens is 2. The molecule has 0 spiro atoms. The van der Waals surface area contributed by atoms with Crippen molar-refractivity contribution < 1.29 is 14.1 Å². The summed E-state index contributed by atoms with van der Waals surface area (Å²) in [4.78, 5) is 31.7. The molecule has 1 aromatic heterocycles. The van der Waals surface area contributed by atoms with Gasteiger partial charge in [-0.2, -0.15) is 10.1 Å². The highest BCUT2D eigenvalue weighted by Crippen LogP contribution is 2.33. The Bertz CT molecular complexity index is 1210. The fourth-order valence-corrected chi connectivity index (χ4v) is 4.10. The molecule has 5 rings (SSSR count). The Morgan fingerprint density at radius 1 is 1.03 bits per heavy atom. The lowest BCUT2D eigenvalue weighted by atomic mass is 10.1. The fourth-order valence-electron chi connectivity index (χ4n) is 3.97. The minimum Gasteiger partial charge on any atom is -0.337 e. The van der Waals surface area contributed by atoms with E-state index in [9.17, 15) is 9.59 Å². The van der Waals surface area contributed by atoms with Crippen LogP contribution >= 0.6 is 11.6 Å². The van der Waals surface area contributed by atoms with Gasteiger partial charge in [0, 0.05) is 10.6 Å². The predicted octanol–water partition coefficient (Wildman–Crippen LogP) is 4.23. The Labute approximate surface area is 195 Å². The quantitative estimate of drug-likeness (QED) is 0.485. The van der Waals surface area contributed by atoms with Crippen molar-refractivity contribution in [2.45, 2.75) is 44.8 Å². The van der Waals surface area contributed by atoms with E-state index in [0.29, 0.717) is 16.5 Å². The third kappa shape index (κ3) is 4.00. The number of amides is 2. The van der Waals surface area contributed by atoms with E-state index in [4.69, 9.17) is 16.1 Å². The van der Waals surface area contributed by atoms with Gasteiger partial charge in [-0.1, -0.05) is 47.5 Å². The van der Waals surface area contributed by atoms with Crippen molar-refractivity contribution in [3.05, 3.63) is 65.0 Å². The Kier molecular flexibility index (Phi) is 5.63. The lowest BCUT2D eigenvalue weighted by molar-refractivity contribution is -0.123. The number of aryl methyl sites for hydroxylation is 1. The Morgan fingerprint density at radius 3 is 2.52 bits per heavy atom. The van der Waals surface area contributed by atoms with Crippen LogP contribution in [0.15, 0.2) is 63.4 Å². The molecule has 1 saturated heterocycles. The maximum Gasteiger partial charge on any atom is 0.263 e. The van der Waals surface area contributed by atoms with Gasteiger partial charge in [0.2, 0.25) is 11.7 Å². The van der Waals surface area contributed by atoms with Gasteiger partial charge in [0.1, 0.15) is 6.54 Å². The summed E-state index contributed by atoms with van der Waals surface area (Å²) in [5.41, 5.74) is 2.46. The molecule has 0 aliphatic carbocycles. The van der Waals surface area contributed by atoms with Crippen LogP contribution < -0.4 is 4.90 Å². The fraction of sp³-hybridized carbons (Fsp3) is 0.304. The molecule has 10 heteroatoms. The van der Waals surface area contributed by atoms with Crippen LogP contribution in [0.25, 0.3) is 11.4 Å². The third-order valence-corrected chi connectivity index (χ3v) is 5.99. The normalized spacial score (nSPS) is 19.6. The number of halogens is 1. The number of nitrogens with zero attached hydrogens (tertiary/aromatic N) is 6. The first-order chi connectivity index (χ1) is 16.0. The van der Waals surface area contributed by atoms with Crippen LogP contribution in [-0.2, 0) is 22.6 Å². The smallest absolute Gasteiger partial charge is 0.263 e. The minimum absolute atomic E-state index is 0.0636. The van der Waals surface area contributed by atoms with E-state index in [1.807, 2.05) is 12.1 Å². The van der Waals surface area contributed by atoms with E-state index in [1.54, 1.807) is 36.4 Å². The summed E-state index contributed by atoms with van der Waals surface area (Å²) >= 11 is 5.92. The molecule has 2 aliphatic rings. The zero-order valence-corrected chi connectivity index (χ0v) is 18.6. The van der Waals surface area contributed by atoms with Gasteiger partial charge in [-0.3, -0.25) is 14.6 Å². The van der Waals surface area contributed by atoms with Crippen LogP contribution in [0.5, 0.6) is 0 Å². The molecule has 2 atom stereocenters. The largest absolute Gasteiger partial charge is 0.337 e. The first kappa shape index (κ1) is 21.3. The zero-order valence-electron chi connectivity index (χ0n) is 17.9. The Morgan fingerprint density at radius 2 is 1.79 bits per heavy atom. The van der Waals surface area contributed by atoms with Gasteiger partial charge in [0.05, 0.1) is 5.69 Å². The van der Waals surface area contributed by atoms with Crippen LogP contribution in [0, 0.1) is 0 Å². The average Bonchev–Trinajstić information content (AvgIpc) is 3.52. The zero-order chi connectivity index (χ0) is 22.9. The highest BCUT2D eigenvalue weighted by molar-refractivity contribution is 6.30. The van der Waals surface area contributed by atoms with Crippen molar-refractivity contribution >= 4 is 29.1 Å². The van der Waals surface area contributed by atoms with Gasteiger partial charge in [-0.05, 0) is 54.8 Å². The number of anilines is 1. The predicted molar refractivity (Wildman–Crippen MR) is 120 cm³/mol. The summed E-state index contributed by atoms with van der Waals surface area (Å²) < 4.78 is 5.33. The summed E-state index contributed by atoms with van der Waals surface area (Å²) in [5, 5.41) is 14.1. The van der Waals surface area contributed by atoms with E-state index in [0.717, 1.165) is 24.8 Å². The van der Waals surface area contributed by atoms with Crippen LogP contribution in [0.2, 0.25) is 5.02 Å². The second-order valence-corrected chi connectivity index (χ2v) is 8.43. The summed E-state index contributed by atoms with van der Waals surface area (Å²) in [6.45, 7) is 2.20. The molecule has 2 aromatic carbocycles. The number of carbonyl (C=O) groups excluding carboxylic acids is 2. The number of hydrogen-bond donors (Lipinski definition) is 0. The summed E-state index contributed by atoms with van der Waals surface area (Å²) in [7, 11) is 0. The molecule has 168 valence electrons. The number of unbranched alkanes of at least 4 members (excludes halogenated alkanes) is 1. The van der Waals surface area contributed by atoms with Gasteiger partial charge < -0.3 is 4.52 Å². The third-order valence-electron chi connectivity index (χ3n) is 5.74. The Balaban J connectivity index is 1.31. The molecule has 9 nitrogen and oxygen atoms in total. The van der Waals surface area contributed by atoms with Crippen molar-refractivity contribution in [1.29, 1.82) is 0 Å². The molecule has 33 heavy (non-hydrogen) atoms. The molecule has 0 radical (unpaired) electrons. The Hall–Kier alpha value is -3.59. The molecule has 3 heterocycles. The molecule has 0 unspecified atom stereocenters. The maximum atomic E-state index is 13.2. The number of hydrogen-bond acceptors (Lipinski definition) is 8. The topological polar surface area (TPSA) is 104 Å². The molecular weight excluding hydrogens is 444 g/mol. The van der Waals surface area contributed by atoms with E-state index in [1.165, 1.54) is 15.5 Å². The summed E-state index contributed by atoms with van der Waals surface area (Å²) in [6, 6.07) is 12.9. The summed E-state index contributed by atoms with van der Waals surface area (Å²) in [6.07, 6.45) is 3.17. The molecule has 2 amide bonds. The summed E-state index contributed by atoms with van der Waals surface area (Å²) in [5.74, 6) is -0.0924. The van der Waals surface area contributed by atoms with Gasteiger partial charge >= 0.3 is 0 Å². The van der Waals surface area contributed by atoms with E-state index >= 15 is 0 Å². The first-order valence-electron chi connectivity index (χ1n) is 10.8. The van der Waals surface area contributed by atoms with E-state index < -0.39 is 12.1 Å². The van der Waals surface area contributed by atoms with Crippen molar-refractivity contribution in [1.82, 2.24) is 15.1 Å². The number of imide groups is 1. The van der Waals surface area contributed by atoms with Crippen LogP contribution in [-0.4, -0.2) is 39.0 Å².